The summed E-state index contributed by atoms with van der Waals surface area (Å²) < 4.78 is 5.83. The maximum atomic E-state index is 11.8. The van der Waals surface area contributed by atoms with Crippen LogP contribution in [0.3, 0.4) is 0 Å². The number of rotatable bonds is 3. The van der Waals surface area contributed by atoms with Crippen molar-refractivity contribution in [3.8, 4) is 0 Å². The van der Waals surface area contributed by atoms with Gasteiger partial charge < -0.3 is 4.42 Å². The fourth-order valence-electron chi connectivity index (χ4n) is 1.35. The molecule has 0 saturated heterocycles. The smallest absolute Gasteiger partial charge is 0.203 e. The van der Waals surface area contributed by atoms with Crippen LogP contribution >= 0.6 is 27.3 Å². The van der Waals surface area contributed by atoms with Gasteiger partial charge in [-0.05, 0) is 45.9 Å². The average Bonchev–Trinajstić information content (AvgIpc) is 2.75. The molecule has 0 bridgehead atoms. The van der Waals surface area contributed by atoms with E-state index in [1.54, 1.807) is 17.4 Å². The fourth-order valence-corrected chi connectivity index (χ4v) is 2.48. The van der Waals surface area contributed by atoms with E-state index >= 15 is 0 Å². The number of hydrogen-bond acceptors (Lipinski definition) is 3. The Labute approximate surface area is 100 Å². The van der Waals surface area contributed by atoms with Crippen LogP contribution in [0, 0.1) is 6.92 Å². The molecule has 2 nitrogen and oxygen atoms in total. The maximum Gasteiger partial charge on any atom is 0.203 e. The SMILES string of the molecule is Cc1cc(CC(=O)c2occc2Br)cs1. The zero-order valence-electron chi connectivity index (χ0n) is 8.12. The largest absolute Gasteiger partial charge is 0.460 e. The molecule has 0 spiro atoms. The van der Waals surface area contributed by atoms with Crippen LogP contribution in [0.15, 0.2) is 32.7 Å². The highest BCUT2D eigenvalue weighted by atomic mass is 79.9. The van der Waals surface area contributed by atoms with Gasteiger partial charge in [0.1, 0.15) is 0 Å². The first kappa shape index (κ1) is 10.6. The van der Waals surface area contributed by atoms with Gasteiger partial charge in [-0.25, -0.2) is 0 Å². The van der Waals surface area contributed by atoms with Crippen LogP contribution in [-0.4, -0.2) is 5.78 Å². The van der Waals surface area contributed by atoms with Crippen molar-refractivity contribution < 1.29 is 9.21 Å². The van der Waals surface area contributed by atoms with E-state index in [1.807, 2.05) is 18.4 Å². The summed E-state index contributed by atoms with van der Waals surface area (Å²) in [5, 5.41) is 2.00. The van der Waals surface area contributed by atoms with Crippen molar-refractivity contribution in [2.45, 2.75) is 13.3 Å². The van der Waals surface area contributed by atoms with E-state index < -0.39 is 0 Å². The summed E-state index contributed by atoms with van der Waals surface area (Å²) >= 11 is 4.93. The van der Waals surface area contributed by atoms with Gasteiger partial charge in [-0.1, -0.05) is 0 Å². The summed E-state index contributed by atoms with van der Waals surface area (Å²) in [6.07, 6.45) is 1.91. The number of aryl methyl sites for hydroxylation is 1. The molecule has 15 heavy (non-hydrogen) atoms. The molecule has 2 aromatic heterocycles. The Morgan fingerprint density at radius 2 is 2.40 bits per heavy atom. The molecule has 0 atom stereocenters. The van der Waals surface area contributed by atoms with Crippen molar-refractivity contribution in [1.29, 1.82) is 0 Å². The molecule has 2 rings (SSSR count). The van der Waals surface area contributed by atoms with Gasteiger partial charge in [0.15, 0.2) is 5.76 Å². The number of halogens is 1. The monoisotopic (exact) mass is 284 g/mol. The van der Waals surface area contributed by atoms with Crippen molar-refractivity contribution in [2.75, 3.05) is 0 Å². The zero-order chi connectivity index (χ0) is 10.8. The molecule has 2 heterocycles. The van der Waals surface area contributed by atoms with Crippen molar-refractivity contribution in [3.63, 3.8) is 0 Å². The molecule has 0 fully saturated rings. The van der Waals surface area contributed by atoms with Gasteiger partial charge in [0, 0.05) is 11.3 Å². The normalized spacial score (nSPS) is 10.5. The number of hydrogen-bond donors (Lipinski definition) is 0. The minimum atomic E-state index is 0.00433. The van der Waals surface area contributed by atoms with E-state index in [9.17, 15) is 4.79 Å². The minimum absolute atomic E-state index is 0.00433. The summed E-state index contributed by atoms with van der Waals surface area (Å²) in [4.78, 5) is 13.0. The van der Waals surface area contributed by atoms with Crippen LogP contribution in [0.2, 0.25) is 0 Å². The lowest BCUT2D eigenvalue weighted by Gasteiger charge is -1.95. The predicted octanol–water partition coefficient (Wildman–Crippen LogP) is 3.84. The van der Waals surface area contributed by atoms with E-state index in [2.05, 4.69) is 15.9 Å². The topological polar surface area (TPSA) is 30.2 Å². The summed E-state index contributed by atoms with van der Waals surface area (Å²) in [6, 6.07) is 3.76. The Balaban J connectivity index is 2.14. The molecule has 4 heteroatoms. The maximum absolute atomic E-state index is 11.8. The van der Waals surface area contributed by atoms with Crippen molar-refractivity contribution >= 4 is 33.0 Å². The first-order valence-corrected chi connectivity index (χ1v) is 6.14. The van der Waals surface area contributed by atoms with Crippen LogP contribution in [0.25, 0.3) is 0 Å². The molecule has 0 aromatic carbocycles. The second kappa shape index (κ2) is 4.33. The molecule has 0 saturated carbocycles. The minimum Gasteiger partial charge on any atom is -0.460 e. The number of carbonyl (C=O) groups excluding carboxylic acids is 1. The summed E-state index contributed by atoms with van der Waals surface area (Å²) in [5.74, 6) is 0.406. The number of carbonyl (C=O) groups is 1. The lowest BCUT2D eigenvalue weighted by Crippen LogP contribution is -2.01. The molecule has 0 aliphatic heterocycles. The van der Waals surface area contributed by atoms with Gasteiger partial charge in [0.2, 0.25) is 5.78 Å². The van der Waals surface area contributed by atoms with Gasteiger partial charge in [-0.3, -0.25) is 4.79 Å². The Kier molecular flexibility index (Phi) is 3.07. The van der Waals surface area contributed by atoms with Crippen molar-refractivity contribution in [2.24, 2.45) is 0 Å². The van der Waals surface area contributed by atoms with Crippen LogP contribution in [0.1, 0.15) is 21.0 Å². The zero-order valence-corrected chi connectivity index (χ0v) is 10.5. The molecule has 0 aliphatic rings. The van der Waals surface area contributed by atoms with E-state index in [-0.39, 0.29) is 5.78 Å². The van der Waals surface area contributed by atoms with Gasteiger partial charge in [0.05, 0.1) is 10.7 Å². The lowest BCUT2D eigenvalue weighted by atomic mass is 10.1. The highest BCUT2D eigenvalue weighted by Crippen LogP contribution is 2.21. The first-order valence-electron chi connectivity index (χ1n) is 4.47. The van der Waals surface area contributed by atoms with Crippen LogP contribution in [0.4, 0.5) is 0 Å². The Morgan fingerprint density at radius 3 is 2.93 bits per heavy atom. The number of Topliss-reactive ketones (excluding diaryl/α,β-unsaturated/α-hetero) is 1. The predicted molar refractivity (Wildman–Crippen MR) is 63.5 cm³/mol. The standard InChI is InChI=1S/C11H9BrO2S/c1-7-4-8(6-15-7)5-10(13)11-9(12)2-3-14-11/h2-4,6H,5H2,1H3. The Bertz CT molecular complexity index is 484. The quantitative estimate of drug-likeness (QED) is 0.802. The second-order valence-electron chi connectivity index (χ2n) is 3.26. The molecule has 0 unspecified atom stereocenters. The van der Waals surface area contributed by atoms with E-state index in [4.69, 9.17) is 4.42 Å². The fraction of sp³-hybridized carbons (Fsp3) is 0.182. The number of ketones is 1. The average molecular weight is 285 g/mol. The van der Waals surface area contributed by atoms with Crippen LogP contribution in [0.5, 0.6) is 0 Å². The highest BCUT2D eigenvalue weighted by molar-refractivity contribution is 9.10. The molecule has 0 N–H and O–H groups in total. The first-order chi connectivity index (χ1) is 7.16. The van der Waals surface area contributed by atoms with Gasteiger partial charge in [-0.15, -0.1) is 11.3 Å². The molecule has 0 radical (unpaired) electrons. The second-order valence-corrected chi connectivity index (χ2v) is 5.23. The Hall–Kier alpha value is -0.870. The molecule has 78 valence electrons. The van der Waals surface area contributed by atoms with E-state index in [0.717, 1.165) is 10.0 Å². The lowest BCUT2D eigenvalue weighted by molar-refractivity contribution is 0.0965. The van der Waals surface area contributed by atoms with Crippen LogP contribution < -0.4 is 0 Å². The van der Waals surface area contributed by atoms with Crippen LogP contribution in [-0.2, 0) is 6.42 Å². The van der Waals surface area contributed by atoms with Gasteiger partial charge >= 0.3 is 0 Å². The number of furan rings is 1. The third-order valence-corrected chi connectivity index (χ3v) is 3.55. The number of thiophene rings is 1. The van der Waals surface area contributed by atoms with Crippen molar-refractivity contribution in [3.05, 3.63) is 44.4 Å². The van der Waals surface area contributed by atoms with Crippen molar-refractivity contribution in [1.82, 2.24) is 0 Å². The summed E-state index contributed by atoms with van der Waals surface area (Å²) in [6.45, 7) is 2.03. The third kappa shape index (κ3) is 2.38. The third-order valence-electron chi connectivity index (χ3n) is 2.02. The Morgan fingerprint density at radius 1 is 1.60 bits per heavy atom. The van der Waals surface area contributed by atoms with E-state index in [0.29, 0.717) is 12.2 Å². The highest BCUT2D eigenvalue weighted by Gasteiger charge is 2.14. The van der Waals surface area contributed by atoms with E-state index in [1.165, 1.54) is 11.1 Å². The molecular weight excluding hydrogens is 276 g/mol. The van der Waals surface area contributed by atoms with Gasteiger partial charge in [0.25, 0.3) is 0 Å². The summed E-state index contributed by atoms with van der Waals surface area (Å²) in [5.41, 5.74) is 1.05. The summed E-state index contributed by atoms with van der Waals surface area (Å²) in [7, 11) is 0. The molecule has 2 aromatic rings. The molecular formula is C11H9BrO2S. The van der Waals surface area contributed by atoms with Gasteiger partial charge in [-0.2, -0.15) is 0 Å². The molecule has 0 amide bonds. The molecule has 0 aliphatic carbocycles.